The number of hydrogen-bond acceptors (Lipinski definition) is 3. The molecular weight excluding hydrogens is 223 g/mol. The highest BCUT2D eigenvalue weighted by molar-refractivity contribution is 7.79. The summed E-state index contributed by atoms with van der Waals surface area (Å²) in [5.41, 5.74) is 1.72. The third-order valence-corrected chi connectivity index (χ3v) is 3.24. The number of halogens is 1. The second kappa shape index (κ2) is 5.66. The van der Waals surface area contributed by atoms with Crippen LogP contribution in [-0.4, -0.2) is 31.1 Å². The first kappa shape index (κ1) is 11.9. The fourth-order valence-corrected chi connectivity index (χ4v) is 2.20. The molecule has 0 atom stereocenters. The molecule has 1 aliphatic heterocycles. The average Bonchev–Trinajstić information content (AvgIpc) is 2.31. The molecule has 2 rings (SSSR count). The van der Waals surface area contributed by atoms with E-state index in [1.54, 1.807) is 6.07 Å². The second-order valence-electron chi connectivity index (χ2n) is 4.11. The van der Waals surface area contributed by atoms with Crippen LogP contribution in [0.1, 0.15) is 11.1 Å². The second-order valence-corrected chi connectivity index (χ2v) is 4.43. The molecule has 16 heavy (non-hydrogen) atoms. The molecule has 0 spiro atoms. The molecule has 88 valence electrons. The van der Waals surface area contributed by atoms with Crippen molar-refractivity contribution in [3.8, 4) is 0 Å². The van der Waals surface area contributed by atoms with E-state index < -0.39 is 0 Å². The van der Waals surface area contributed by atoms with Gasteiger partial charge in [-0.05, 0) is 17.2 Å². The Balaban J connectivity index is 2.01. The number of nitrogens with zero attached hydrogens (tertiary/aromatic N) is 1. The van der Waals surface area contributed by atoms with E-state index in [0.717, 1.165) is 38.3 Å². The first-order valence-electron chi connectivity index (χ1n) is 5.61. The Labute approximate surface area is 101 Å². The molecule has 2 nitrogen and oxygen atoms in total. The van der Waals surface area contributed by atoms with Crippen LogP contribution in [0.2, 0.25) is 0 Å². The third kappa shape index (κ3) is 2.97. The van der Waals surface area contributed by atoms with Crippen molar-refractivity contribution in [1.82, 2.24) is 10.2 Å². The van der Waals surface area contributed by atoms with E-state index in [4.69, 9.17) is 0 Å². The van der Waals surface area contributed by atoms with Crippen molar-refractivity contribution in [2.75, 3.05) is 26.2 Å². The van der Waals surface area contributed by atoms with Gasteiger partial charge in [0.2, 0.25) is 0 Å². The van der Waals surface area contributed by atoms with Gasteiger partial charge >= 0.3 is 0 Å². The van der Waals surface area contributed by atoms with Crippen molar-refractivity contribution < 1.29 is 4.39 Å². The summed E-state index contributed by atoms with van der Waals surface area (Å²) in [6, 6.07) is 5.46. The molecule has 1 aromatic carbocycles. The Morgan fingerprint density at radius 1 is 1.31 bits per heavy atom. The van der Waals surface area contributed by atoms with E-state index in [1.165, 1.54) is 0 Å². The molecule has 0 unspecified atom stereocenters. The summed E-state index contributed by atoms with van der Waals surface area (Å²) in [6.45, 7) is 4.96. The van der Waals surface area contributed by atoms with Gasteiger partial charge in [0.05, 0.1) is 0 Å². The van der Waals surface area contributed by atoms with Gasteiger partial charge in [-0.15, -0.1) is 0 Å². The molecule has 1 heterocycles. The maximum Gasteiger partial charge on any atom is 0.127 e. The SMILES string of the molecule is Fc1cc(CN2CCNCC2)ccc1CS. The Hall–Kier alpha value is -0.580. The predicted molar refractivity (Wildman–Crippen MR) is 67.2 cm³/mol. The Kier molecular flexibility index (Phi) is 4.21. The third-order valence-electron chi connectivity index (χ3n) is 2.90. The minimum Gasteiger partial charge on any atom is -0.314 e. The number of rotatable bonds is 3. The molecule has 1 N–H and O–H groups in total. The van der Waals surface area contributed by atoms with Crippen molar-refractivity contribution in [3.63, 3.8) is 0 Å². The summed E-state index contributed by atoms with van der Waals surface area (Å²) in [7, 11) is 0. The lowest BCUT2D eigenvalue weighted by molar-refractivity contribution is 0.233. The maximum absolute atomic E-state index is 13.5. The predicted octanol–water partition coefficient (Wildman–Crippen LogP) is 1.66. The lowest BCUT2D eigenvalue weighted by atomic mass is 10.1. The van der Waals surface area contributed by atoms with Crippen molar-refractivity contribution in [2.45, 2.75) is 12.3 Å². The summed E-state index contributed by atoms with van der Waals surface area (Å²) in [6.07, 6.45) is 0. The molecule has 0 aliphatic carbocycles. The van der Waals surface area contributed by atoms with Gasteiger partial charge in [-0.25, -0.2) is 4.39 Å². The van der Waals surface area contributed by atoms with Gasteiger partial charge in [-0.1, -0.05) is 12.1 Å². The van der Waals surface area contributed by atoms with Crippen molar-refractivity contribution in [1.29, 1.82) is 0 Å². The molecule has 1 aromatic rings. The summed E-state index contributed by atoms with van der Waals surface area (Å²) in [4.78, 5) is 2.34. The average molecular weight is 240 g/mol. The zero-order valence-electron chi connectivity index (χ0n) is 9.25. The number of piperazine rings is 1. The van der Waals surface area contributed by atoms with E-state index in [2.05, 4.69) is 22.8 Å². The van der Waals surface area contributed by atoms with Crippen LogP contribution in [0.25, 0.3) is 0 Å². The number of nitrogens with one attached hydrogen (secondary N) is 1. The van der Waals surface area contributed by atoms with E-state index >= 15 is 0 Å². The minimum absolute atomic E-state index is 0.136. The number of benzene rings is 1. The zero-order valence-corrected chi connectivity index (χ0v) is 10.1. The molecular formula is C12H17FN2S. The molecule has 0 radical (unpaired) electrons. The van der Waals surface area contributed by atoms with E-state index in [0.29, 0.717) is 11.3 Å². The van der Waals surface area contributed by atoms with Crippen LogP contribution in [-0.2, 0) is 12.3 Å². The smallest absolute Gasteiger partial charge is 0.127 e. The molecule has 1 aliphatic rings. The van der Waals surface area contributed by atoms with Gasteiger partial charge in [0.1, 0.15) is 5.82 Å². The van der Waals surface area contributed by atoms with E-state index in [-0.39, 0.29) is 5.82 Å². The standard InChI is InChI=1S/C12H17FN2S/c13-12-7-10(1-2-11(12)9-16)8-15-5-3-14-4-6-15/h1-2,7,14,16H,3-6,8-9H2. The van der Waals surface area contributed by atoms with Gasteiger partial charge in [-0.2, -0.15) is 12.6 Å². The Morgan fingerprint density at radius 3 is 2.69 bits per heavy atom. The number of hydrogen-bond donors (Lipinski definition) is 2. The van der Waals surface area contributed by atoms with Crippen molar-refractivity contribution >= 4 is 12.6 Å². The molecule has 0 saturated carbocycles. The summed E-state index contributed by atoms with van der Waals surface area (Å²) < 4.78 is 13.5. The summed E-state index contributed by atoms with van der Waals surface area (Å²) in [5, 5.41) is 3.30. The lowest BCUT2D eigenvalue weighted by Gasteiger charge is -2.27. The molecule has 0 bridgehead atoms. The zero-order chi connectivity index (χ0) is 11.4. The van der Waals surface area contributed by atoms with Crippen LogP contribution in [0.3, 0.4) is 0 Å². The van der Waals surface area contributed by atoms with Crippen LogP contribution in [0.15, 0.2) is 18.2 Å². The van der Waals surface area contributed by atoms with Crippen LogP contribution >= 0.6 is 12.6 Å². The van der Waals surface area contributed by atoms with Gasteiger partial charge < -0.3 is 5.32 Å². The maximum atomic E-state index is 13.5. The van der Waals surface area contributed by atoms with Gasteiger partial charge in [0, 0.05) is 38.5 Å². The molecule has 1 fully saturated rings. The van der Waals surface area contributed by atoms with E-state index in [1.807, 2.05) is 12.1 Å². The van der Waals surface area contributed by atoms with Crippen LogP contribution in [0, 0.1) is 5.82 Å². The van der Waals surface area contributed by atoms with E-state index in [9.17, 15) is 4.39 Å². The first-order chi connectivity index (χ1) is 7.79. The van der Waals surface area contributed by atoms with Crippen LogP contribution in [0.4, 0.5) is 4.39 Å². The summed E-state index contributed by atoms with van der Waals surface area (Å²) >= 11 is 4.09. The minimum atomic E-state index is -0.136. The quantitative estimate of drug-likeness (QED) is 0.781. The Morgan fingerprint density at radius 2 is 2.06 bits per heavy atom. The highest BCUT2D eigenvalue weighted by Crippen LogP contribution is 2.14. The highest BCUT2D eigenvalue weighted by Gasteiger charge is 2.10. The highest BCUT2D eigenvalue weighted by atomic mass is 32.1. The van der Waals surface area contributed by atoms with Gasteiger partial charge in [-0.3, -0.25) is 4.90 Å². The number of thiol groups is 1. The van der Waals surface area contributed by atoms with Crippen molar-refractivity contribution in [2.24, 2.45) is 0 Å². The molecule has 0 aromatic heterocycles. The largest absolute Gasteiger partial charge is 0.314 e. The Bertz CT molecular complexity index is 351. The van der Waals surface area contributed by atoms with Gasteiger partial charge in [0.25, 0.3) is 0 Å². The molecule has 4 heteroatoms. The molecule has 0 amide bonds. The lowest BCUT2D eigenvalue weighted by Crippen LogP contribution is -2.42. The monoisotopic (exact) mass is 240 g/mol. The van der Waals surface area contributed by atoms with Gasteiger partial charge in [0.15, 0.2) is 0 Å². The topological polar surface area (TPSA) is 15.3 Å². The van der Waals surface area contributed by atoms with Crippen LogP contribution in [0.5, 0.6) is 0 Å². The summed E-state index contributed by atoms with van der Waals surface area (Å²) in [5.74, 6) is 0.322. The van der Waals surface area contributed by atoms with Crippen molar-refractivity contribution in [3.05, 3.63) is 35.1 Å². The fourth-order valence-electron chi connectivity index (χ4n) is 1.94. The molecule has 1 saturated heterocycles. The normalized spacial score (nSPS) is 17.6. The fraction of sp³-hybridized carbons (Fsp3) is 0.500. The first-order valence-corrected chi connectivity index (χ1v) is 6.24. The van der Waals surface area contributed by atoms with Crippen LogP contribution < -0.4 is 5.32 Å².